The van der Waals surface area contributed by atoms with Gasteiger partial charge in [-0.25, -0.2) is 0 Å². The zero-order valence-electron chi connectivity index (χ0n) is 14.4. The van der Waals surface area contributed by atoms with Gasteiger partial charge in [0.2, 0.25) is 0 Å². The predicted octanol–water partition coefficient (Wildman–Crippen LogP) is 5.35. The van der Waals surface area contributed by atoms with Gasteiger partial charge >= 0.3 is 0 Å². The SMILES string of the molecule is CC(C)CCCN(C(C)C)C(C)(C)CC(C)(C)C. The Morgan fingerprint density at radius 2 is 1.39 bits per heavy atom. The molecule has 0 atom stereocenters. The van der Waals surface area contributed by atoms with E-state index in [-0.39, 0.29) is 0 Å². The van der Waals surface area contributed by atoms with Crippen LogP contribution in [0.4, 0.5) is 0 Å². The summed E-state index contributed by atoms with van der Waals surface area (Å²) in [6.45, 7) is 22.4. The van der Waals surface area contributed by atoms with Gasteiger partial charge in [0, 0.05) is 11.6 Å². The van der Waals surface area contributed by atoms with E-state index >= 15 is 0 Å². The van der Waals surface area contributed by atoms with Gasteiger partial charge < -0.3 is 0 Å². The Labute approximate surface area is 116 Å². The second kappa shape index (κ2) is 6.93. The van der Waals surface area contributed by atoms with Crippen molar-refractivity contribution in [3.05, 3.63) is 0 Å². The minimum Gasteiger partial charge on any atom is -0.296 e. The fourth-order valence-corrected chi connectivity index (χ4v) is 3.33. The average Bonchev–Trinajstić information content (AvgIpc) is 2.06. The molecule has 0 N–H and O–H groups in total. The van der Waals surface area contributed by atoms with Gasteiger partial charge in [0.05, 0.1) is 0 Å². The molecule has 0 saturated carbocycles. The van der Waals surface area contributed by atoms with E-state index in [2.05, 4.69) is 67.2 Å². The Morgan fingerprint density at radius 1 is 0.889 bits per heavy atom. The van der Waals surface area contributed by atoms with Gasteiger partial charge in [0.25, 0.3) is 0 Å². The summed E-state index contributed by atoms with van der Waals surface area (Å²) in [5, 5.41) is 0. The summed E-state index contributed by atoms with van der Waals surface area (Å²) in [6.07, 6.45) is 3.91. The van der Waals surface area contributed by atoms with Crippen LogP contribution in [0, 0.1) is 11.3 Å². The van der Waals surface area contributed by atoms with Crippen LogP contribution in [0.25, 0.3) is 0 Å². The maximum atomic E-state index is 2.70. The molecule has 0 radical (unpaired) electrons. The molecule has 0 heterocycles. The third-order valence-corrected chi connectivity index (χ3v) is 3.54. The van der Waals surface area contributed by atoms with Gasteiger partial charge in [-0.3, -0.25) is 4.90 Å². The maximum absolute atomic E-state index is 2.70. The quantitative estimate of drug-likeness (QED) is 0.593. The molecule has 1 nitrogen and oxygen atoms in total. The topological polar surface area (TPSA) is 3.24 Å². The van der Waals surface area contributed by atoms with E-state index in [0.717, 1.165) is 5.92 Å². The van der Waals surface area contributed by atoms with Crippen LogP contribution in [0.1, 0.15) is 81.6 Å². The number of hydrogen-bond acceptors (Lipinski definition) is 1. The number of nitrogens with zero attached hydrogens (tertiary/aromatic N) is 1. The standard InChI is InChI=1S/C17H37N/c1-14(2)11-10-12-18(15(3)4)17(8,9)13-16(5,6)7/h14-15H,10-13H2,1-9H3. The predicted molar refractivity (Wildman–Crippen MR) is 84.1 cm³/mol. The van der Waals surface area contributed by atoms with E-state index in [1.807, 2.05) is 0 Å². The minimum absolute atomic E-state index is 0.295. The summed E-state index contributed by atoms with van der Waals surface area (Å²) in [5.41, 5.74) is 0.693. The lowest BCUT2D eigenvalue weighted by molar-refractivity contribution is 0.0469. The third-order valence-electron chi connectivity index (χ3n) is 3.54. The molecule has 0 aliphatic carbocycles. The molecular formula is C17H37N. The lowest BCUT2D eigenvalue weighted by atomic mass is 9.80. The first-order valence-corrected chi connectivity index (χ1v) is 7.72. The van der Waals surface area contributed by atoms with Crippen LogP contribution in [-0.2, 0) is 0 Å². The fraction of sp³-hybridized carbons (Fsp3) is 1.00. The van der Waals surface area contributed by atoms with Gasteiger partial charge in [-0.1, -0.05) is 34.6 Å². The minimum atomic E-state index is 0.295. The van der Waals surface area contributed by atoms with Crippen LogP contribution < -0.4 is 0 Å². The molecule has 0 bridgehead atoms. The van der Waals surface area contributed by atoms with Crippen molar-refractivity contribution in [2.75, 3.05) is 6.54 Å². The van der Waals surface area contributed by atoms with E-state index in [0.29, 0.717) is 17.0 Å². The second-order valence-electron chi connectivity index (χ2n) is 8.37. The maximum Gasteiger partial charge on any atom is 0.0160 e. The number of hydrogen-bond donors (Lipinski definition) is 0. The Hall–Kier alpha value is -0.0400. The zero-order chi connectivity index (χ0) is 14.6. The summed E-state index contributed by atoms with van der Waals surface area (Å²) >= 11 is 0. The van der Waals surface area contributed by atoms with Crippen molar-refractivity contribution in [2.24, 2.45) is 11.3 Å². The first-order valence-electron chi connectivity index (χ1n) is 7.72. The zero-order valence-corrected chi connectivity index (χ0v) is 14.4. The van der Waals surface area contributed by atoms with Crippen LogP contribution in [-0.4, -0.2) is 23.0 Å². The highest BCUT2D eigenvalue weighted by atomic mass is 15.2. The van der Waals surface area contributed by atoms with Crippen molar-refractivity contribution in [3.63, 3.8) is 0 Å². The van der Waals surface area contributed by atoms with Crippen molar-refractivity contribution in [1.29, 1.82) is 0 Å². The molecule has 0 rings (SSSR count). The molecule has 0 aliphatic rings. The highest BCUT2D eigenvalue weighted by Crippen LogP contribution is 2.32. The highest BCUT2D eigenvalue weighted by molar-refractivity contribution is 4.87. The summed E-state index contributed by atoms with van der Waals surface area (Å²) < 4.78 is 0. The van der Waals surface area contributed by atoms with Crippen molar-refractivity contribution in [3.8, 4) is 0 Å². The molecule has 0 aromatic heterocycles. The monoisotopic (exact) mass is 255 g/mol. The molecular weight excluding hydrogens is 218 g/mol. The van der Waals surface area contributed by atoms with Crippen LogP contribution in [0.2, 0.25) is 0 Å². The first kappa shape index (κ1) is 18.0. The van der Waals surface area contributed by atoms with Crippen molar-refractivity contribution >= 4 is 0 Å². The molecule has 0 spiro atoms. The van der Waals surface area contributed by atoms with Crippen LogP contribution >= 0.6 is 0 Å². The van der Waals surface area contributed by atoms with Crippen molar-refractivity contribution in [2.45, 2.75) is 93.2 Å². The molecule has 0 fully saturated rings. The Kier molecular flexibility index (Phi) is 6.92. The van der Waals surface area contributed by atoms with E-state index < -0.39 is 0 Å². The van der Waals surface area contributed by atoms with Crippen molar-refractivity contribution < 1.29 is 0 Å². The lowest BCUT2D eigenvalue weighted by Gasteiger charge is -2.45. The summed E-state index contributed by atoms with van der Waals surface area (Å²) in [7, 11) is 0. The summed E-state index contributed by atoms with van der Waals surface area (Å²) in [6, 6.07) is 0.634. The van der Waals surface area contributed by atoms with E-state index in [9.17, 15) is 0 Å². The van der Waals surface area contributed by atoms with Gasteiger partial charge in [-0.15, -0.1) is 0 Å². The van der Waals surface area contributed by atoms with Gasteiger partial charge in [-0.05, 0) is 64.8 Å². The van der Waals surface area contributed by atoms with Gasteiger partial charge in [-0.2, -0.15) is 0 Å². The average molecular weight is 255 g/mol. The molecule has 0 aromatic carbocycles. The highest BCUT2D eigenvalue weighted by Gasteiger charge is 2.32. The van der Waals surface area contributed by atoms with Gasteiger partial charge in [0.1, 0.15) is 0 Å². The molecule has 0 saturated heterocycles. The molecule has 0 aromatic rings. The van der Waals surface area contributed by atoms with E-state index in [1.54, 1.807) is 0 Å². The molecule has 18 heavy (non-hydrogen) atoms. The van der Waals surface area contributed by atoms with Gasteiger partial charge in [0.15, 0.2) is 0 Å². The summed E-state index contributed by atoms with van der Waals surface area (Å²) in [5.74, 6) is 0.824. The Balaban J connectivity index is 4.57. The molecule has 0 amide bonds. The molecule has 0 unspecified atom stereocenters. The number of rotatable bonds is 7. The normalized spacial score (nSPS) is 14.0. The molecule has 1 heteroatoms. The van der Waals surface area contributed by atoms with Crippen LogP contribution in [0.15, 0.2) is 0 Å². The van der Waals surface area contributed by atoms with E-state index in [1.165, 1.54) is 25.8 Å². The molecule has 0 aliphatic heterocycles. The Bertz CT molecular complexity index is 220. The van der Waals surface area contributed by atoms with Crippen LogP contribution in [0.5, 0.6) is 0 Å². The summed E-state index contributed by atoms with van der Waals surface area (Å²) in [4.78, 5) is 2.70. The van der Waals surface area contributed by atoms with Crippen molar-refractivity contribution in [1.82, 2.24) is 4.90 Å². The molecule has 110 valence electrons. The first-order chi connectivity index (χ1) is 7.96. The third kappa shape index (κ3) is 7.41. The Morgan fingerprint density at radius 3 is 1.72 bits per heavy atom. The largest absolute Gasteiger partial charge is 0.296 e. The lowest BCUT2D eigenvalue weighted by Crippen LogP contribution is -2.50. The second-order valence-corrected chi connectivity index (χ2v) is 8.37. The smallest absolute Gasteiger partial charge is 0.0160 e. The fourth-order valence-electron chi connectivity index (χ4n) is 3.33. The van der Waals surface area contributed by atoms with E-state index in [4.69, 9.17) is 0 Å². The van der Waals surface area contributed by atoms with Crippen LogP contribution in [0.3, 0.4) is 0 Å².